The average Bonchev–Trinajstić information content (AvgIpc) is 3.07. The second kappa shape index (κ2) is 4.69. The molecule has 1 N–H and O–H groups in total. The molecule has 2 saturated carbocycles. The predicted octanol–water partition coefficient (Wildman–Crippen LogP) is 3.28. The summed E-state index contributed by atoms with van der Waals surface area (Å²) in [6.45, 7) is 5.79. The summed E-state index contributed by atoms with van der Waals surface area (Å²) in [4.78, 5) is 4.31. The van der Waals surface area contributed by atoms with E-state index in [0.717, 1.165) is 12.6 Å². The van der Waals surface area contributed by atoms with E-state index in [1.54, 1.807) is 0 Å². The van der Waals surface area contributed by atoms with E-state index in [0.29, 0.717) is 11.5 Å². The summed E-state index contributed by atoms with van der Waals surface area (Å²) in [6, 6.07) is 1.40. The highest BCUT2D eigenvalue weighted by atomic mass is 15.1. The summed E-state index contributed by atoms with van der Waals surface area (Å²) in [5.74, 6) is 0. The van der Waals surface area contributed by atoms with Gasteiger partial charge in [0.2, 0.25) is 0 Å². The van der Waals surface area contributed by atoms with Gasteiger partial charge in [0.1, 0.15) is 0 Å². The topological polar surface area (TPSA) is 29.9 Å². The van der Waals surface area contributed by atoms with Crippen LogP contribution in [0.4, 0.5) is 0 Å². The standard InChI is InChI=1S/C15H25N3/c1-15(2)8-4-3-5-14(15)17-10-13-9-16-11-18(13)12-6-7-12/h9,11-12,14,17H,3-8,10H2,1-2H3. The smallest absolute Gasteiger partial charge is 0.0951 e. The Morgan fingerprint density at radius 1 is 1.33 bits per heavy atom. The van der Waals surface area contributed by atoms with Crippen molar-refractivity contribution < 1.29 is 0 Å². The van der Waals surface area contributed by atoms with Crippen LogP contribution in [0.15, 0.2) is 12.5 Å². The first kappa shape index (κ1) is 12.2. The molecular formula is C15H25N3. The maximum absolute atomic E-state index is 4.31. The number of nitrogens with one attached hydrogen (secondary N) is 1. The molecule has 2 aliphatic carbocycles. The molecule has 2 fully saturated rings. The highest BCUT2D eigenvalue weighted by Crippen LogP contribution is 2.37. The van der Waals surface area contributed by atoms with Gasteiger partial charge in [-0.15, -0.1) is 0 Å². The third kappa shape index (κ3) is 2.46. The van der Waals surface area contributed by atoms with Crippen molar-refractivity contribution >= 4 is 0 Å². The first-order valence-corrected chi connectivity index (χ1v) is 7.41. The molecule has 1 heterocycles. The normalized spacial score (nSPS) is 27.3. The van der Waals surface area contributed by atoms with Crippen molar-refractivity contribution in [1.82, 2.24) is 14.9 Å². The fourth-order valence-corrected chi connectivity index (χ4v) is 3.25. The monoisotopic (exact) mass is 247 g/mol. The number of aromatic nitrogens is 2. The molecule has 0 spiro atoms. The minimum Gasteiger partial charge on any atom is -0.330 e. The molecule has 3 rings (SSSR count). The van der Waals surface area contributed by atoms with E-state index in [4.69, 9.17) is 0 Å². The van der Waals surface area contributed by atoms with Crippen molar-refractivity contribution in [1.29, 1.82) is 0 Å². The van der Waals surface area contributed by atoms with Crippen LogP contribution in [-0.4, -0.2) is 15.6 Å². The van der Waals surface area contributed by atoms with Gasteiger partial charge < -0.3 is 9.88 Å². The molecule has 3 nitrogen and oxygen atoms in total. The van der Waals surface area contributed by atoms with Gasteiger partial charge in [0.25, 0.3) is 0 Å². The molecule has 0 saturated heterocycles. The van der Waals surface area contributed by atoms with E-state index < -0.39 is 0 Å². The number of hydrogen-bond donors (Lipinski definition) is 1. The zero-order valence-electron chi connectivity index (χ0n) is 11.7. The summed E-state index contributed by atoms with van der Waals surface area (Å²) in [5, 5.41) is 3.78. The van der Waals surface area contributed by atoms with Gasteiger partial charge in [0, 0.05) is 24.8 Å². The number of nitrogens with zero attached hydrogens (tertiary/aromatic N) is 2. The summed E-state index contributed by atoms with van der Waals surface area (Å²) in [7, 11) is 0. The Labute approximate surface area is 110 Å². The van der Waals surface area contributed by atoms with Gasteiger partial charge in [-0.3, -0.25) is 0 Å². The van der Waals surface area contributed by atoms with Gasteiger partial charge in [-0.1, -0.05) is 26.7 Å². The van der Waals surface area contributed by atoms with Gasteiger partial charge in [-0.05, 0) is 31.1 Å². The second-order valence-electron chi connectivity index (χ2n) is 6.69. The maximum atomic E-state index is 4.31. The van der Waals surface area contributed by atoms with Crippen LogP contribution in [0, 0.1) is 5.41 Å². The molecule has 0 aromatic carbocycles. The van der Waals surface area contributed by atoms with Crippen molar-refractivity contribution in [2.24, 2.45) is 5.41 Å². The molecule has 0 bridgehead atoms. The Bertz CT molecular complexity index is 404. The molecule has 18 heavy (non-hydrogen) atoms. The maximum Gasteiger partial charge on any atom is 0.0951 e. The summed E-state index contributed by atoms with van der Waals surface area (Å²) in [6.07, 6.45) is 12.1. The van der Waals surface area contributed by atoms with Crippen molar-refractivity contribution in [2.45, 2.75) is 71.0 Å². The van der Waals surface area contributed by atoms with Crippen molar-refractivity contribution in [3.05, 3.63) is 18.2 Å². The highest BCUT2D eigenvalue weighted by molar-refractivity contribution is 5.04. The van der Waals surface area contributed by atoms with Crippen LogP contribution in [0.25, 0.3) is 0 Å². The Balaban J connectivity index is 1.61. The second-order valence-corrected chi connectivity index (χ2v) is 6.69. The van der Waals surface area contributed by atoms with E-state index >= 15 is 0 Å². The molecule has 1 atom stereocenters. The molecule has 1 aromatic heterocycles. The first-order chi connectivity index (χ1) is 8.67. The average molecular weight is 247 g/mol. The number of hydrogen-bond acceptors (Lipinski definition) is 2. The largest absolute Gasteiger partial charge is 0.330 e. The van der Waals surface area contributed by atoms with Gasteiger partial charge in [0.15, 0.2) is 0 Å². The third-order valence-electron chi connectivity index (χ3n) is 4.72. The number of rotatable bonds is 4. The number of imidazole rings is 1. The van der Waals surface area contributed by atoms with Crippen LogP contribution in [-0.2, 0) is 6.54 Å². The molecular weight excluding hydrogens is 222 g/mol. The zero-order chi connectivity index (χ0) is 12.6. The van der Waals surface area contributed by atoms with Crippen molar-refractivity contribution in [3.63, 3.8) is 0 Å². The van der Waals surface area contributed by atoms with Crippen LogP contribution in [0.1, 0.15) is 64.1 Å². The van der Waals surface area contributed by atoms with Gasteiger partial charge >= 0.3 is 0 Å². The van der Waals surface area contributed by atoms with E-state index in [1.165, 1.54) is 44.2 Å². The molecule has 0 aliphatic heterocycles. The summed E-state index contributed by atoms with van der Waals surface area (Å²) >= 11 is 0. The van der Waals surface area contributed by atoms with Gasteiger partial charge in [-0.2, -0.15) is 0 Å². The van der Waals surface area contributed by atoms with E-state index in [2.05, 4.69) is 28.7 Å². The third-order valence-corrected chi connectivity index (χ3v) is 4.72. The molecule has 0 radical (unpaired) electrons. The Morgan fingerprint density at radius 2 is 2.17 bits per heavy atom. The Hall–Kier alpha value is -0.830. The lowest BCUT2D eigenvalue weighted by atomic mass is 9.73. The summed E-state index contributed by atoms with van der Waals surface area (Å²) in [5.41, 5.74) is 1.81. The molecule has 3 heteroatoms. The van der Waals surface area contributed by atoms with Crippen LogP contribution >= 0.6 is 0 Å². The fraction of sp³-hybridized carbons (Fsp3) is 0.800. The van der Waals surface area contributed by atoms with Crippen LogP contribution in [0.2, 0.25) is 0 Å². The molecule has 1 unspecified atom stereocenters. The Kier molecular flexibility index (Phi) is 3.18. The zero-order valence-corrected chi connectivity index (χ0v) is 11.7. The lowest BCUT2D eigenvalue weighted by Gasteiger charge is -2.39. The molecule has 1 aromatic rings. The van der Waals surface area contributed by atoms with E-state index in [-0.39, 0.29) is 0 Å². The molecule has 100 valence electrons. The molecule has 0 amide bonds. The lowest BCUT2D eigenvalue weighted by Crippen LogP contribution is -2.43. The van der Waals surface area contributed by atoms with Gasteiger partial charge in [0.05, 0.1) is 12.0 Å². The SMILES string of the molecule is CC1(C)CCCCC1NCc1cncn1C1CC1. The predicted molar refractivity (Wildman–Crippen MR) is 73.4 cm³/mol. The van der Waals surface area contributed by atoms with Crippen LogP contribution < -0.4 is 5.32 Å². The fourth-order valence-electron chi connectivity index (χ4n) is 3.25. The van der Waals surface area contributed by atoms with Crippen molar-refractivity contribution in [2.75, 3.05) is 0 Å². The minimum atomic E-state index is 0.447. The quantitative estimate of drug-likeness (QED) is 0.885. The van der Waals surface area contributed by atoms with Crippen LogP contribution in [0.5, 0.6) is 0 Å². The van der Waals surface area contributed by atoms with E-state index in [9.17, 15) is 0 Å². The minimum absolute atomic E-state index is 0.447. The first-order valence-electron chi connectivity index (χ1n) is 7.41. The van der Waals surface area contributed by atoms with E-state index in [1.807, 2.05) is 12.5 Å². The van der Waals surface area contributed by atoms with Crippen LogP contribution in [0.3, 0.4) is 0 Å². The molecule has 2 aliphatic rings. The summed E-state index contributed by atoms with van der Waals surface area (Å²) < 4.78 is 2.36. The highest BCUT2D eigenvalue weighted by Gasteiger charge is 2.32. The van der Waals surface area contributed by atoms with Crippen molar-refractivity contribution in [3.8, 4) is 0 Å². The Morgan fingerprint density at radius 3 is 2.89 bits per heavy atom. The lowest BCUT2D eigenvalue weighted by molar-refractivity contribution is 0.166. The van der Waals surface area contributed by atoms with Gasteiger partial charge in [-0.25, -0.2) is 4.98 Å².